The highest BCUT2D eigenvalue weighted by Gasteiger charge is 2.26. The van der Waals surface area contributed by atoms with Crippen molar-refractivity contribution in [1.82, 2.24) is 10.6 Å². The van der Waals surface area contributed by atoms with Gasteiger partial charge < -0.3 is 10.6 Å². The zero-order valence-electron chi connectivity index (χ0n) is 10.7. The van der Waals surface area contributed by atoms with Gasteiger partial charge in [-0.3, -0.25) is 9.59 Å². The van der Waals surface area contributed by atoms with Gasteiger partial charge in [0.05, 0.1) is 11.6 Å². The molecule has 0 aromatic heterocycles. The second-order valence-electron chi connectivity index (χ2n) is 4.32. The quantitative estimate of drug-likeness (QED) is 0.714. The van der Waals surface area contributed by atoms with Crippen molar-refractivity contribution in [3.05, 3.63) is 35.6 Å². The smallest absolute Gasteiger partial charge is 0.275 e. The molecule has 1 heterocycles. The number of rotatable bonds is 5. The van der Waals surface area contributed by atoms with E-state index in [4.69, 9.17) is 0 Å². The van der Waals surface area contributed by atoms with E-state index in [1.807, 2.05) is 24.3 Å². The second-order valence-corrected chi connectivity index (χ2v) is 4.32. The summed E-state index contributed by atoms with van der Waals surface area (Å²) in [6.07, 6.45) is 7.45. The van der Waals surface area contributed by atoms with Crippen molar-refractivity contribution in [3.63, 3.8) is 0 Å². The zero-order valence-corrected chi connectivity index (χ0v) is 10.7. The van der Waals surface area contributed by atoms with Crippen LogP contribution in [0.3, 0.4) is 0 Å². The van der Waals surface area contributed by atoms with Gasteiger partial charge in [-0.15, -0.1) is 5.11 Å². The van der Waals surface area contributed by atoms with Crippen LogP contribution < -0.4 is 10.6 Å². The highest BCUT2D eigenvalue weighted by molar-refractivity contribution is 5.86. The van der Waals surface area contributed by atoms with Crippen LogP contribution >= 0.6 is 0 Å². The Hall–Kier alpha value is -2.08. The molecule has 6 nitrogen and oxygen atoms in total. The summed E-state index contributed by atoms with van der Waals surface area (Å²) in [5.41, 5.74) is 1.67. The molecule has 0 spiro atoms. The number of nitrogens with one attached hydrogen (secondary N) is 2. The summed E-state index contributed by atoms with van der Waals surface area (Å²) in [6, 6.07) is 0. The van der Waals surface area contributed by atoms with Gasteiger partial charge >= 0.3 is 0 Å². The summed E-state index contributed by atoms with van der Waals surface area (Å²) < 4.78 is 0. The SMILES string of the molecule is CC(=O)NCCNCC1=C2C=CC=CC2C(=O)N=N1. The number of nitrogens with zero attached hydrogens (tertiary/aromatic N) is 2. The van der Waals surface area contributed by atoms with Gasteiger partial charge in [0.1, 0.15) is 0 Å². The van der Waals surface area contributed by atoms with E-state index < -0.39 is 0 Å². The maximum absolute atomic E-state index is 11.6. The van der Waals surface area contributed by atoms with Gasteiger partial charge in [0, 0.05) is 26.6 Å². The summed E-state index contributed by atoms with van der Waals surface area (Å²) in [6.45, 7) is 3.22. The second kappa shape index (κ2) is 6.19. The van der Waals surface area contributed by atoms with E-state index in [1.165, 1.54) is 6.92 Å². The van der Waals surface area contributed by atoms with Crippen molar-refractivity contribution < 1.29 is 9.59 Å². The molecular formula is C13H16N4O2. The molecule has 0 radical (unpaired) electrons. The summed E-state index contributed by atoms with van der Waals surface area (Å²) in [7, 11) is 0. The fourth-order valence-electron chi connectivity index (χ4n) is 1.93. The van der Waals surface area contributed by atoms with Crippen LogP contribution in [0.15, 0.2) is 45.8 Å². The normalized spacial score (nSPS) is 20.7. The van der Waals surface area contributed by atoms with Gasteiger partial charge in [0.25, 0.3) is 5.91 Å². The lowest BCUT2D eigenvalue weighted by molar-refractivity contribution is -0.120. The molecule has 0 fully saturated rings. The zero-order chi connectivity index (χ0) is 13.7. The number of amides is 2. The fraction of sp³-hybridized carbons (Fsp3) is 0.385. The monoisotopic (exact) mass is 260 g/mol. The van der Waals surface area contributed by atoms with Gasteiger partial charge in [-0.25, -0.2) is 0 Å². The third-order valence-corrected chi connectivity index (χ3v) is 2.86. The van der Waals surface area contributed by atoms with Crippen molar-refractivity contribution in [1.29, 1.82) is 0 Å². The Morgan fingerprint density at radius 1 is 1.32 bits per heavy atom. The first-order valence-electron chi connectivity index (χ1n) is 6.17. The molecule has 100 valence electrons. The molecule has 0 saturated carbocycles. The minimum atomic E-state index is -0.297. The first kappa shape index (κ1) is 13.4. The van der Waals surface area contributed by atoms with E-state index in [-0.39, 0.29) is 17.7 Å². The number of hydrogen-bond donors (Lipinski definition) is 2. The maximum Gasteiger partial charge on any atom is 0.275 e. The van der Waals surface area contributed by atoms with E-state index in [2.05, 4.69) is 20.9 Å². The molecule has 2 rings (SSSR count). The molecule has 0 bridgehead atoms. The number of carbonyl (C=O) groups is 2. The number of hydrogen-bond acceptors (Lipinski definition) is 4. The molecule has 1 aliphatic heterocycles. The summed E-state index contributed by atoms with van der Waals surface area (Å²) in [5.74, 6) is -0.570. The van der Waals surface area contributed by atoms with Gasteiger partial charge in [-0.2, -0.15) is 5.11 Å². The lowest BCUT2D eigenvalue weighted by Crippen LogP contribution is -2.32. The van der Waals surface area contributed by atoms with Crippen molar-refractivity contribution in [2.75, 3.05) is 19.6 Å². The minimum absolute atomic E-state index is 0.0489. The van der Waals surface area contributed by atoms with E-state index >= 15 is 0 Å². The predicted octanol–water partition coefficient (Wildman–Crippen LogP) is 0.701. The Labute approximate surface area is 111 Å². The Morgan fingerprint density at radius 2 is 2.16 bits per heavy atom. The van der Waals surface area contributed by atoms with Crippen LogP contribution in [0.2, 0.25) is 0 Å². The number of fused-ring (bicyclic) bond motifs is 1. The number of carbonyl (C=O) groups excluding carboxylic acids is 2. The van der Waals surface area contributed by atoms with Crippen LogP contribution in [-0.2, 0) is 9.59 Å². The van der Waals surface area contributed by atoms with Crippen LogP contribution in [-0.4, -0.2) is 31.4 Å². The fourth-order valence-corrected chi connectivity index (χ4v) is 1.93. The Kier molecular flexibility index (Phi) is 4.35. The Balaban J connectivity index is 1.90. The molecule has 2 aliphatic rings. The predicted molar refractivity (Wildman–Crippen MR) is 70.2 cm³/mol. The lowest BCUT2D eigenvalue weighted by atomic mass is 9.91. The van der Waals surface area contributed by atoms with Crippen LogP contribution in [0.25, 0.3) is 0 Å². The highest BCUT2D eigenvalue weighted by atomic mass is 16.2. The summed E-state index contributed by atoms with van der Waals surface area (Å²) in [5, 5.41) is 13.5. The third-order valence-electron chi connectivity index (χ3n) is 2.86. The molecule has 19 heavy (non-hydrogen) atoms. The van der Waals surface area contributed by atoms with Crippen molar-refractivity contribution in [2.45, 2.75) is 6.92 Å². The third kappa shape index (κ3) is 3.45. The maximum atomic E-state index is 11.6. The lowest BCUT2D eigenvalue weighted by Gasteiger charge is -2.19. The van der Waals surface area contributed by atoms with Gasteiger partial charge in [0.15, 0.2) is 0 Å². The molecular weight excluding hydrogens is 244 g/mol. The standard InChI is InChI=1S/C13H16N4O2/c1-9(18)15-7-6-14-8-12-10-4-2-3-5-11(10)13(19)17-16-12/h2-5,11,14H,6-8H2,1H3,(H,15,18). The van der Waals surface area contributed by atoms with Crippen LogP contribution in [0.4, 0.5) is 0 Å². The van der Waals surface area contributed by atoms with Crippen LogP contribution in [0.1, 0.15) is 6.92 Å². The van der Waals surface area contributed by atoms with E-state index in [0.29, 0.717) is 19.6 Å². The molecule has 1 atom stereocenters. The van der Waals surface area contributed by atoms with E-state index in [1.54, 1.807) is 0 Å². The summed E-state index contributed by atoms with van der Waals surface area (Å²) in [4.78, 5) is 22.3. The molecule has 0 aromatic rings. The van der Waals surface area contributed by atoms with E-state index in [0.717, 1.165) is 11.3 Å². The highest BCUT2D eigenvalue weighted by Crippen LogP contribution is 2.27. The minimum Gasteiger partial charge on any atom is -0.355 e. The molecule has 0 aromatic carbocycles. The van der Waals surface area contributed by atoms with Gasteiger partial charge in [-0.1, -0.05) is 24.3 Å². The number of allylic oxidation sites excluding steroid dienone is 3. The van der Waals surface area contributed by atoms with E-state index in [9.17, 15) is 9.59 Å². The topological polar surface area (TPSA) is 82.9 Å². The van der Waals surface area contributed by atoms with Crippen molar-refractivity contribution in [3.8, 4) is 0 Å². The molecule has 0 saturated heterocycles. The Bertz CT molecular complexity index is 503. The average molecular weight is 260 g/mol. The largest absolute Gasteiger partial charge is 0.355 e. The number of azo groups is 1. The van der Waals surface area contributed by atoms with Gasteiger partial charge in [0.2, 0.25) is 5.91 Å². The van der Waals surface area contributed by atoms with Crippen molar-refractivity contribution in [2.24, 2.45) is 16.1 Å². The molecule has 2 amide bonds. The molecule has 6 heteroatoms. The van der Waals surface area contributed by atoms with Crippen LogP contribution in [0, 0.1) is 5.92 Å². The molecule has 1 aliphatic carbocycles. The summed E-state index contributed by atoms with van der Waals surface area (Å²) >= 11 is 0. The molecule has 1 unspecified atom stereocenters. The first-order valence-corrected chi connectivity index (χ1v) is 6.17. The van der Waals surface area contributed by atoms with Crippen molar-refractivity contribution >= 4 is 11.8 Å². The van der Waals surface area contributed by atoms with Gasteiger partial charge in [-0.05, 0) is 5.57 Å². The molecule has 2 N–H and O–H groups in total. The average Bonchev–Trinajstić information content (AvgIpc) is 2.41. The first-order chi connectivity index (χ1) is 9.18. The van der Waals surface area contributed by atoms with Crippen LogP contribution in [0.5, 0.6) is 0 Å². The Morgan fingerprint density at radius 3 is 2.95 bits per heavy atom.